The van der Waals surface area contributed by atoms with Crippen molar-refractivity contribution >= 4 is 38.9 Å². The number of hydrogen-bond acceptors (Lipinski definition) is 7. The topological polar surface area (TPSA) is 97.2 Å². The lowest BCUT2D eigenvalue weighted by Crippen LogP contribution is -2.51. The number of fused-ring (bicyclic) bond motifs is 1. The average molecular weight is 734 g/mol. The normalized spacial score (nSPS) is 19.0. The summed E-state index contributed by atoms with van der Waals surface area (Å²) in [4.78, 5) is 10.2. The van der Waals surface area contributed by atoms with E-state index in [2.05, 4.69) is 103 Å². The standard InChI is InChI=1S/C39H59N5O3SSi2/c1-37(2,3)48(45)43-36(29-22-31(23-29)47-50(12,13)39(7,8)9)33-18-15-17-32(42-33)27-20-21-28-25-40-44(34(28)24-27)35-19-14-16-30(41-35)26-46-49(10,11)38(4,5)6/h14-21,24-25,29,31,36,43H,22-23,26H2,1-13H3/t29-,31-,36-,48-/m1/s1. The van der Waals surface area contributed by atoms with Gasteiger partial charge in [0.25, 0.3) is 0 Å². The molecular formula is C39H59N5O3SSi2. The summed E-state index contributed by atoms with van der Waals surface area (Å²) >= 11 is -1.25. The molecule has 4 aromatic rings. The van der Waals surface area contributed by atoms with Crippen LogP contribution in [0.3, 0.4) is 0 Å². The second-order valence-corrected chi connectivity index (χ2v) is 29.6. The highest BCUT2D eigenvalue weighted by molar-refractivity contribution is 7.90. The minimum atomic E-state index is -1.91. The molecule has 0 saturated heterocycles. The summed E-state index contributed by atoms with van der Waals surface area (Å²) in [5.74, 6) is 1.03. The van der Waals surface area contributed by atoms with Gasteiger partial charge in [-0.3, -0.25) is 4.98 Å². The van der Waals surface area contributed by atoms with Crippen molar-refractivity contribution < 1.29 is 13.4 Å². The number of rotatable bonds is 11. The first-order valence-electron chi connectivity index (χ1n) is 18.0. The van der Waals surface area contributed by atoms with Crippen LogP contribution in [-0.2, 0) is 26.8 Å². The molecule has 11 heteroatoms. The molecule has 1 N–H and O–H groups in total. The summed E-state index contributed by atoms with van der Waals surface area (Å²) < 4.78 is 31.7. The van der Waals surface area contributed by atoms with Gasteiger partial charge in [0.1, 0.15) is 4.75 Å². The number of benzene rings is 1. The lowest BCUT2D eigenvalue weighted by atomic mass is 9.76. The molecule has 272 valence electrons. The van der Waals surface area contributed by atoms with Crippen LogP contribution in [0.2, 0.25) is 36.3 Å². The second kappa shape index (κ2) is 14.2. The molecule has 2 atom stereocenters. The van der Waals surface area contributed by atoms with Crippen LogP contribution in [0.5, 0.6) is 0 Å². The summed E-state index contributed by atoms with van der Waals surface area (Å²) in [7, 11) is -3.79. The molecular weight excluding hydrogens is 675 g/mol. The molecule has 5 rings (SSSR count). The van der Waals surface area contributed by atoms with E-state index in [-0.39, 0.29) is 28.1 Å². The Morgan fingerprint density at radius 3 is 2.18 bits per heavy atom. The average Bonchev–Trinajstić information content (AvgIpc) is 3.43. The minimum absolute atomic E-state index is 0.129. The van der Waals surface area contributed by atoms with E-state index >= 15 is 0 Å². The van der Waals surface area contributed by atoms with Gasteiger partial charge in [0.05, 0.1) is 41.4 Å². The quantitative estimate of drug-likeness (QED) is 0.121. The van der Waals surface area contributed by atoms with Gasteiger partial charge in [-0.2, -0.15) is 5.10 Å². The molecule has 3 aromatic heterocycles. The Labute approximate surface area is 305 Å². The van der Waals surface area contributed by atoms with Crippen LogP contribution in [0.25, 0.3) is 28.0 Å². The van der Waals surface area contributed by atoms with Crippen LogP contribution in [0.15, 0.2) is 60.8 Å². The van der Waals surface area contributed by atoms with Crippen molar-refractivity contribution in [2.75, 3.05) is 0 Å². The van der Waals surface area contributed by atoms with E-state index in [1.54, 1.807) is 0 Å². The largest absolute Gasteiger partial charge is 0.598 e. The summed E-state index contributed by atoms with van der Waals surface area (Å²) in [6.07, 6.45) is 3.96. The third-order valence-electron chi connectivity index (χ3n) is 11.0. The maximum atomic E-state index is 13.5. The highest BCUT2D eigenvalue weighted by atomic mass is 32.2. The van der Waals surface area contributed by atoms with E-state index in [0.717, 1.165) is 52.2 Å². The number of nitrogens with zero attached hydrogens (tertiary/aromatic N) is 4. The number of aromatic nitrogens is 4. The molecule has 0 unspecified atom stereocenters. The smallest absolute Gasteiger partial charge is 0.192 e. The molecule has 50 heavy (non-hydrogen) atoms. The summed E-state index contributed by atoms with van der Waals surface area (Å²) in [5, 5.41) is 6.04. The minimum Gasteiger partial charge on any atom is -0.598 e. The molecule has 0 bridgehead atoms. The van der Waals surface area contributed by atoms with E-state index in [1.165, 1.54) is 0 Å². The Bertz CT molecular complexity index is 1780. The lowest BCUT2D eigenvalue weighted by Gasteiger charge is -2.46. The van der Waals surface area contributed by atoms with Crippen LogP contribution in [0.1, 0.15) is 92.6 Å². The third kappa shape index (κ3) is 8.62. The maximum Gasteiger partial charge on any atom is 0.192 e. The number of pyridine rings is 2. The molecule has 1 fully saturated rings. The zero-order chi connectivity index (χ0) is 36.9. The van der Waals surface area contributed by atoms with E-state index in [4.69, 9.17) is 23.9 Å². The molecule has 0 spiro atoms. The van der Waals surface area contributed by atoms with Crippen LogP contribution in [0.4, 0.5) is 0 Å². The molecule has 0 aliphatic heterocycles. The van der Waals surface area contributed by atoms with Gasteiger partial charge in [0.15, 0.2) is 22.5 Å². The van der Waals surface area contributed by atoms with Gasteiger partial charge < -0.3 is 13.4 Å². The zero-order valence-electron chi connectivity index (χ0n) is 32.5. The van der Waals surface area contributed by atoms with E-state index in [1.807, 2.05) is 55.9 Å². The van der Waals surface area contributed by atoms with Crippen molar-refractivity contribution in [2.24, 2.45) is 5.92 Å². The molecule has 0 radical (unpaired) electrons. The van der Waals surface area contributed by atoms with Gasteiger partial charge in [0, 0.05) is 28.4 Å². The van der Waals surface area contributed by atoms with Crippen molar-refractivity contribution in [1.29, 1.82) is 0 Å². The van der Waals surface area contributed by atoms with Gasteiger partial charge in [-0.05, 0) is 106 Å². The fraction of sp³-hybridized carbons (Fsp3) is 0.564. The number of hydrogen-bond donors (Lipinski definition) is 1. The summed E-state index contributed by atoms with van der Waals surface area (Å²) in [5.41, 5.74) is 4.60. The van der Waals surface area contributed by atoms with Crippen molar-refractivity contribution in [3.63, 3.8) is 0 Å². The fourth-order valence-corrected chi connectivity index (χ4v) is 8.76. The Morgan fingerprint density at radius 2 is 1.54 bits per heavy atom. The van der Waals surface area contributed by atoms with E-state index < -0.39 is 32.7 Å². The Morgan fingerprint density at radius 1 is 0.880 bits per heavy atom. The fourth-order valence-electron chi connectivity index (χ4n) is 5.54. The molecule has 1 aliphatic rings. The molecule has 8 nitrogen and oxygen atoms in total. The van der Waals surface area contributed by atoms with Crippen LogP contribution in [-0.4, -0.2) is 51.8 Å². The first kappa shape index (κ1) is 38.8. The summed E-state index contributed by atoms with van der Waals surface area (Å²) in [6, 6.07) is 18.4. The summed E-state index contributed by atoms with van der Waals surface area (Å²) in [6.45, 7) is 29.2. The van der Waals surface area contributed by atoms with Gasteiger partial charge in [-0.25, -0.2) is 9.67 Å². The van der Waals surface area contributed by atoms with Gasteiger partial charge in [-0.15, -0.1) is 4.72 Å². The highest BCUT2D eigenvalue weighted by Gasteiger charge is 2.46. The highest BCUT2D eigenvalue weighted by Crippen LogP contribution is 2.45. The predicted molar refractivity (Wildman–Crippen MR) is 213 cm³/mol. The second-order valence-electron chi connectivity index (χ2n) is 18.0. The molecule has 1 aliphatic carbocycles. The van der Waals surface area contributed by atoms with Crippen molar-refractivity contribution in [1.82, 2.24) is 24.5 Å². The van der Waals surface area contributed by atoms with E-state index in [0.29, 0.717) is 6.61 Å². The molecule has 1 saturated carbocycles. The SMILES string of the molecule is CC(C)(C)[S@@+]([O-])N[C@@H](c1cccc(-c2ccc3cnn(-c4cccc(CO[Si](C)(C)C(C)(C)C)n4)c3c2)n1)[C@H]1C[C@H](O[Si](C)(C)C(C)(C)C)C1. The van der Waals surface area contributed by atoms with Gasteiger partial charge >= 0.3 is 0 Å². The van der Waals surface area contributed by atoms with Crippen molar-refractivity contribution in [2.45, 2.75) is 135 Å². The van der Waals surface area contributed by atoms with Gasteiger partial charge in [0.2, 0.25) is 0 Å². The molecule has 1 aromatic carbocycles. The van der Waals surface area contributed by atoms with Crippen molar-refractivity contribution in [3.05, 3.63) is 72.2 Å². The van der Waals surface area contributed by atoms with Crippen LogP contribution >= 0.6 is 0 Å². The van der Waals surface area contributed by atoms with Crippen LogP contribution in [0, 0.1) is 5.92 Å². The number of nitrogens with one attached hydrogen (secondary N) is 1. The van der Waals surface area contributed by atoms with Crippen molar-refractivity contribution in [3.8, 4) is 17.1 Å². The third-order valence-corrected chi connectivity index (χ3v) is 21.6. The Hall–Kier alpha value is -2.39. The molecule has 0 amide bonds. The Kier molecular flexibility index (Phi) is 11.0. The van der Waals surface area contributed by atoms with Gasteiger partial charge in [-0.1, -0.05) is 65.8 Å². The maximum absolute atomic E-state index is 13.5. The zero-order valence-corrected chi connectivity index (χ0v) is 35.4. The first-order valence-corrected chi connectivity index (χ1v) is 24.9. The monoisotopic (exact) mass is 733 g/mol. The Balaban J connectivity index is 1.41. The van der Waals surface area contributed by atoms with Crippen LogP contribution < -0.4 is 4.72 Å². The predicted octanol–water partition coefficient (Wildman–Crippen LogP) is 9.90. The first-order chi connectivity index (χ1) is 23.1. The van der Waals surface area contributed by atoms with E-state index in [9.17, 15) is 4.55 Å². The molecule has 3 heterocycles. The lowest BCUT2D eigenvalue weighted by molar-refractivity contribution is 0.0365.